The molecule has 0 unspecified atom stereocenters. The molecule has 0 aromatic carbocycles. The fraction of sp³-hybridized carbons (Fsp3) is 0. The lowest BCUT2D eigenvalue weighted by molar-refractivity contribution is 0.317. The van der Waals surface area contributed by atoms with Crippen molar-refractivity contribution in [1.29, 1.82) is 0 Å². The molecule has 7 nitrogen and oxygen atoms in total. The molecule has 0 aromatic heterocycles. The van der Waals surface area contributed by atoms with Crippen LogP contribution in [0.1, 0.15) is 0 Å². The zero-order valence-electron chi connectivity index (χ0n) is 5.11. The highest BCUT2D eigenvalue weighted by molar-refractivity contribution is 7.80. The predicted octanol–water partition coefficient (Wildman–Crippen LogP) is -2.66. The number of guanidine groups is 1. The van der Waals surface area contributed by atoms with Gasteiger partial charge in [-0.15, -0.1) is 0 Å². The van der Waals surface area contributed by atoms with Gasteiger partial charge in [0.25, 0.3) is 0 Å². The molecule has 0 rings (SSSR count). The molecular weight excluding hydrogens is 156 g/mol. The van der Waals surface area contributed by atoms with Gasteiger partial charge in [0.15, 0.2) is 5.11 Å². The Balaban J connectivity index is 0. The van der Waals surface area contributed by atoms with Crippen molar-refractivity contribution in [2.45, 2.75) is 0 Å². The highest BCUT2D eigenvalue weighted by Gasteiger charge is 1.66. The summed E-state index contributed by atoms with van der Waals surface area (Å²) in [5, 5.41) is 9.96. The van der Waals surface area contributed by atoms with Crippen LogP contribution in [0.15, 0.2) is 5.16 Å². The van der Waals surface area contributed by atoms with Crippen LogP contribution in [0, 0.1) is 0 Å². The van der Waals surface area contributed by atoms with E-state index in [9.17, 15) is 0 Å². The molecule has 0 aliphatic carbocycles. The molecule has 10 N–H and O–H groups in total. The molecule has 0 bridgehead atoms. The average Bonchev–Trinajstić information content (AvgIpc) is 1.89. The third-order valence-electron chi connectivity index (χ3n) is 0.258. The molecular formula is C2H10N6OS. The number of nitrogens with zero attached hydrogens (tertiary/aromatic N) is 1. The second-order valence-electron chi connectivity index (χ2n) is 1.03. The van der Waals surface area contributed by atoms with E-state index in [0.717, 1.165) is 0 Å². The maximum absolute atomic E-state index is 7.48. The first-order chi connectivity index (χ1) is 4.54. The third-order valence-corrected chi connectivity index (χ3v) is 0.376. The molecule has 0 aliphatic heterocycles. The van der Waals surface area contributed by atoms with Crippen molar-refractivity contribution in [3.63, 3.8) is 0 Å². The van der Waals surface area contributed by atoms with Crippen LogP contribution in [-0.2, 0) is 0 Å². The Morgan fingerprint density at radius 1 is 1.40 bits per heavy atom. The van der Waals surface area contributed by atoms with Crippen molar-refractivity contribution < 1.29 is 5.21 Å². The number of hydrogen-bond acceptors (Lipinski definition) is 4. The first kappa shape index (κ1) is 11.5. The smallest absolute Gasteiger partial charge is 0.228 e. The summed E-state index contributed by atoms with van der Waals surface area (Å²) in [7, 11) is 0. The van der Waals surface area contributed by atoms with Crippen LogP contribution in [0.5, 0.6) is 0 Å². The van der Waals surface area contributed by atoms with Crippen molar-refractivity contribution >= 4 is 23.3 Å². The Bertz CT molecular complexity index is 119. The number of hydrogen-bond donors (Lipinski definition) is 6. The number of nitrogens with one attached hydrogen (secondary N) is 1. The summed E-state index contributed by atoms with van der Waals surface area (Å²) in [4.78, 5) is 0. The molecule has 8 heteroatoms. The van der Waals surface area contributed by atoms with Gasteiger partial charge in [0.2, 0.25) is 5.96 Å². The molecule has 0 saturated heterocycles. The number of hydrazine groups is 1. The zero-order chi connectivity index (χ0) is 8.57. The van der Waals surface area contributed by atoms with Crippen LogP contribution in [0.3, 0.4) is 0 Å². The molecule has 0 saturated carbocycles. The first-order valence-corrected chi connectivity index (χ1v) is 2.44. The van der Waals surface area contributed by atoms with Crippen LogP contribution >= 0.6 is 12.2 Å². The lowest BCUT2D eigenvalue weighted by Gasteiger charge is -1.85. The van der Waals surface area contributed by atoms with Crippen molar-refractivity contribution in [2.75, 3.05) is 0 Å². The number of rotatable bonds is 0. The van der Waals surface area contributed by atoms with Crippen LogP contribution in [0.25, 0.3) is 0 Å². The molecule has 0 aliphatic rings. The number of nitrogens with two attached hydrogens (primary N) is 4. The predicted molar refractivity (Wildman–Crippen MR) is 41.7 cm³/mol. The molecule has 0 heterocycles. The van der Waals surface area contributed by atoms with Crippen molar-refractivity contribution in [2.24, 2.45) is 28.2 Å². The second kappa shape index (κ2) is 7.72. The molecule has 60 valence electrons. The molecule has 0 atom stereocenters. The summed E-state index contributed by atoms with van der Waals surface area (Å²) in [6, 6.07) is 0. The molecule has 0 aromatic rings. The molecule has 0 fully saturated rings. The SMILES string of the molecule is NC(N)=NO.NNC(N)=S. The van der Waals surface area contributed by atoms with E-state index in [0.29, 0.717) is 0 Å². The minimum atomic E-state index is -0.315. The Morgan fingerprint density at radius 3 is 1.60 bits per heavy atom. The van der Waals surface area contributed by atoms with Gasteiger partial charge in [0, 0.05) is 0 Å². The van der Waals surface area contributed by atoms with E-state index in [2.05, 4.69) is 34.7 Å². The summed E-state index contributed by atoms with van der Waals surface area (Å²) >= 11 is 4.24. The average molecular weight is 166 g/mol. The monoisotopic (exact) mass is 166 g/mol. The fourth-order valence-electron chi connectivity index (χ4n) is 0. The van der Waals surface area contributed by atoms with Gasteiger partial charge < -0.3 is 27.8 Å². The fourth-order valence-corrected chi connectivity index (χ4v) is 0. The largest absolute Gasteiger partial charge is 0.408 e. The molecule has 0 amide bonds. The van der Waals surface area contributed by atoms with Gasteiger partial charge in [-0.1, -0.05) is 5.16 Å². The molecule has 0 spiro atoms. The van der Waals surface area contributed by atoms with Crippen LogP contribution in [-0.4, -0.2) is 16.3 Å². The minimum Gasteiger partial charge on any atom is -0.408 e. The van der Waals surface area contributed by atoms with Gasteiger partial charge in [0.1, 0.15) is 0 Å². The Labute approximate surface area is 63.0 Å². The van der Waals surface area contributed by atoms with Crippen molar-refractivity contribution in [3.05, 3.63) is 0 Å². The summed E-state index contributed by atoms with van der Waals surface area (Å²) in [6.45, 7) is 0. The van der Waals surface area contributed by atoms with Gasteiger partial charge in [-0.2, -0.15) is 0 Å². The summed E-state index contributed by atoms with van der Waals surface area (Å²) in [5.41, 5.74) is 16.0. The third kappa shape index (κ3) is 29.7. The maximum Gasteiger partial charge on any atom is 0.228 e. The van der Waals surface area contributed by atoms with Gasteiger partial charge in [-0.25, -0.2) is 5.84 Å². The second-order valence-corrected chi connectivity index (χ2v) is 1.47. The number of oxime groups is 1. The van der Waals surface area contributed by atoms with Crippen LogP contribution in [0.4, 0.5) is 0 Å². The summed E-state index contributed by atoms with van der Waals surface area (Å²) < 4.78 is 0. The van der Waals surface area contributed by atoms with Gasteiger partial charge in [-0.3, -0.25) is 0 Å². The summed E-state index contributed by atoms with van der Waals surface area (Å²) in [5.74, 6) is 4.34. The Morgan fingerprint density at radius 2 is 1.60 bits per heavy atom. The van der Waals surface area contributed by atoms with E-state index in [-0.39, 0.29) is 11.1 Å². The van der Waals surface area contributed by atoms with E-state index in [4.69, 9.17) is 10.9 Å². The lowest BCUT2D eigenvalue weighted by atomic mass is 11.1. The standard InChI is InChI=1S/CH5N3O.CH5N3S/c2-1(3)4-5;2-1(5)4-3/h5H,(H4,2,3,4);3H2,(H3,2,4,5). The van der Waals surface area contributed by atoms with Gasteiger partial charge >= 0.3 is 0 Å². The highest BCUT2D eigenvalue weighted by Crippen LogP contribution is 1.40. The molecule has 10 heavy (non-hydrogen) atoms. The quantitative estimate of drug-likeness (QED) is 0.0574. The number of thiocarbonyl (C=S) groups is 1. The van der Waals surface area contributed by atoms with Crippen molar-refractivity contribution in [1.82, 2.24) is 5.43 Å². The first-order valence-electron chi connectivity index (χ1n) is 2.03. The summed E-state index contributed by atoms with van der Waals surface area (Å²) in [6.07, 6.45) is 0. The van der Waals surface area contributed by atoms with E-state index in [1.165, 1.54) is 0 Å². The topological polar surface area (TPSA) is 149 Å². The van der Waals surface area contributed by atoms with E-state index in [1.807, 2.05) is 5.43 Å². The van der Waals surface area contributed by atoms with Gasteiger partial charge in [0.05, 0.1) is 0 Å². The lowest BCUT2D eigenvalue weighted by Crippen LogP contribution is -2.34. The maximum atomic E-state index is 7.48. The normalized spacial score (nSPS) is 6.50. The Kier molecular flexibility index (Phi) is 8.88. The van der Waals surface area contributed by atoms with Crippen molar-refractivity contribution in [3.8, 4) is 0 Å². The van der Waals surface area contributed by atoms with Crippen LogP contribution < -0.4 is 28.5 Å². The Hall–Kier alpha value is -1.28. The van der Waals surface area contributed by atoms with Crippen LogP contribution in [0.2, 0.25) is 0 Å². The van der Waals surface area contributed by atoms with E-state index < -0.39 is 0 Å². The van der Waals surface area contributed by atoms with Gasteiger partial charge in [-0.05, 0) is 12.2 Å². The zero-order valence-corrected chi connectivity index (χ0v) is 5.93. The highest BCUT2D eigenvalue weighted by atomic mass is 32.1. The van der Waals surface area contributed by atoms with E-state index >= 15 is 0 Å². The molecule has 0 radical (unpaired) electrons. The minimum absolute atomic E-state index is 0.116. The van der Waals surface area contributed by atoms with E-state index in [1.54, 1.807) is 0 Å².